The maximum Gasteiger partial charge on any atom is 0.0412 e. The summed E-state index contributed by atoms with van der Waals surface area (Å²) in [5, 5.41) is 0. The highest BCUT2D eigenvalue weighted by molar-refractivity contribution is 5.47. The predicted octanol–water partition coefficient (Wildman–Crippen LogP) is 10.2. The van der Waals surface area contributed by atoms with E-state index in [1.54, 1.807) is 0 Å². The Hall–Kier alpha value is -1.86. The Morgan fingerprint density at radius 1 is 0.714 bits per heavy atom. The first-order valence-corrected chi connectivity index (χ1v) is 14.7. The number of nitrogens with two attached hydrogens (primary N) is 1. The zero-order valence-electron chi connectivity index (χ0n) is 23.2. The molecular weight excluding hydrogens is 422 g/mol. The lowest BCUT2D eigenvalue weighted by Gasteiger charge is -2.34. The molecule has 0 amide bonds. The second-order valence-corrected chi connectivity index (χ2v) is 10.6. The summed E-state index contributed by atoms with van der Waals surface area (Å²) in [6, 6.07) is 17.8. The molecule has 0 fully saturated rings. The van der Waals surface area contributed by atoms with Gasteiger partial charge in [-0.2, -0.15) is 0 Å². The van der Waals surface area contributed by atoms with E-state index in [4.69, 9.17) is 5.73 Å². The first-order valence-electron chi connectivity index (χ1n) is 14.7. The lowest BCUT2D eigenvalue weighted by molar-refractivity contribution is 0.342. The Morgan fingerprint density at radius 3 is 1.83 bits per heavy atom. The highest BCUT2D eigenvalue weighted by Crippen LogP contribution is 2.38. The summed E-state index contributed by atoms with van der Waals surface area (Å²) in [4.78, 5) is 0. The predicted molar refractivity (Wildman–Crippen MR) is 156 cm³/mol. The van der Waals surface area contributed by atoms with Gasteiger partial charge in [0.1, 0.15) is 0 Å². The molecular formula is C34H53N. The van der Waals surface area contributed by atoms with Crippen molar-refractivity contribution < 1.29 is 0 Å². The third-order valence-corrected chi connectivity index (χ3v) is 7.71. The van der Waals surface area contributed by atoms with Crippen LogP contribution in [0.25, 0.3) is 0 Å². The minimum atomic E-state index is -0.236. The standard InChI is InChI=1S/C34H53N/c1-5-9-12-18-24-32-31(30(8-4)29-22-16-15-17-23-29)25-21-26-33(32)34(35,27-19-13-10-6-2)28-20-14-11-7-3/h8,15-17,21-23,25-26,30H,4-7,9-14,18-20,24,27-28,35H2,1-3H3. The van der Waals surface area contributed by atoms with Gasteiger partial charge in [-0.15, -0.1) is 6.58 Å². The first kappa shape index (κ1) is 29.4. The summed E-state index contributed by atoms with van der Waals surface area (Å²) in [7, 11) is 0. The van der Waals surface area contributed by atoms with E-state index < -0.39 is 0 Å². The molecule has 2 rings (SSSR count). The Bertz CT molecular complexity index is 810. The Morgan fingerprint density at radius 2 is 1.29 bits per heavy atom. The Balaban J connectivity index is 2.48. The van der Waals surface area contributed by atoms with Crippen molar-refractivity contribution in [3.05, 3.63) is 83.4 Å². The van der Waals surface area contributed by atoms with Crippen LogP contribution in [0, 0.1) is 0 Å². The molecule has 1 heteroatoms. The smallest absolute Gasteiger partial charge is 0.0412 e. The molecule has 2 aromatic carbocycles. The molecule has 1 atom stereocenters. The van der Waals surface area contributed by atoms with E-state index in [1.807, 2.05) is 0 Å². The number of unbranched alkanes of at least 4 members (excludes halogenated alkanes) is 9. The average molecular weight is 476 g/mol. The topological polar surface area (TPSA) is 26.0 Å². The van der Waals surface area contributed by atoms with Crippen LogP contribution in [0.2, 0.25) is 0 Å². The summed E-state index contributed by atoms with van der Waals surface area (Å²) in [5.41, 5.74) is 12.9. The lowest BCUT2D eigenvalue weighted by Crippen LogP contribution is -2.38. The van der Waals surface area contributed by atoms with Crippen LogP contribution in [-0.2, 0) is 12.0 Å². The lowest BCUT2D eigenvalue weighted by atomic mass is 9.75. The van der Waals surface area contributed by atoms with Gasteiger partial charge in [0.05, 0.1) is 0 Å². The molecule has 2 aromatic rings. The third kappa shape index (κ3) is 9.26. The number of benzene rings is 2. The molecule has 0 spiro atoms. The monoisotopic (exact) mass is 475 g/mol. The SMILES string of the molecule is C=CC(c1ccccc1)c1cccc(C(N)(CCCCCC)CCCCCC)c1CCCCCC. The van der Waals surface area contributed by atoms with E-state index in [9.17, 15) is 0 Å². The van der Waals surface area contributed by atoms with E-state index in [2.05, 4.69) is 82.0 Å². The number of allylic oxidation sites excluding steroid dienone is 1. The van der Waals surface area contributed by atoms with Crippen molar-refractivity contribution in [3.8, 4) is 0 Å². The summed E-state index contributed by atoms with van der Waals surface area (Å²) in [5.74, 6) is 0.210. The summed E-state index contributed by atoms with van der Waals surface area (Å²) < 4.78 is 0. The van der Waals surface area contributed by atoms with Gasteiger partial charge >= 0.3 is 0 Å². The molecule has 0 aliphatic carbocycles. The number of hydrogen-bond acceptors (Lipinski definition) is 1. The fraction of sp³-hybridized carbons (Fsp3) is 0.588. The zero-order chi connectivity index (χ0) is 25.4. The van der Waals surface area contributed by atoms with Crippen LogP contribution in [0.15, 0.2) is 61.2 Å². The fourth-order valence-corrected chi connectivity index (χ4v) is 5.60. The molecule has 0 bridgehead atoms. The van der Waals surface area contributed by atoms with Gasteiger partial charge in [0, 0.05) is 11.5 Å². The van der Waals surface area contributed by atoms with Crippen molar-refractivity contribution in [3.63, 3.8) is 0 Å². The molecule has 194 valence electrons. The van der Waals surface area contributed by atoms with E-state index in [0.717, 1.165) is 19.3 Å². The van der Waals surface area contributed by atoms with Gasteiger partial charge in [-0.25, -0.2) is 0 Å². The van der Waals surface area contributed by atoms with E-state index in [1.165, 1.54) is 99.3 Å². The van der Waals surface area contributed by atoms with Gasteiger partial charge in [0.15, 0.2) is 0 Å². The van der Waals surface area contributed by atoms with Crippen molar-refractivity contribution >= 4 is 0 Å². The van der Waals surface area contributed by atoms with Crippen molar-refractivity contribution in [1.82, 2.24) is 0 Å². The average Bonchev–Trinajstić information content (AvgIpc) is 2.89. The second-order valence-electron chi connectivity index (χ2n) is 10.6. The van der Waals surface area contributed by atoms with Crippen molar-refractivity contribution in [1.29, 1.82) is 0 Å². The Kier molecular flexibility index (Phi) is 14.1. The number of rotatable bonds is 19. The second kappa shape index (κ2) is 16.7. The summed E-state index contributed by atoms with van der Waals surface area (Å²) in [6.45, 7) is 11.1. The molecule has 0 saturated carbocycles. The molecule has 0 aliphatic rings. The van der Waals surface area contributed by atoms with E-state index in [0.29, 0.717) is 0 Å². The van der Waals surface area contributed by atoms with Gasteiger partial charge in [-0.05, 0) is 47.9 Å². The first-order chi connectivity index (χ1) is 17.1. The highest BCUT2D eigenvalue weighted by atomic mass is 14.7. The fourth-order valence-electron chi connectivity index (χ4n) is 5.60. The van der Waals surface area contributed by atoms with E-state index in [-0.39, 0.29) is 11.5 Å². The van der Waals surface area contributed by atoms with Gasteiger partial charge in [-0.3, -0.25) is 0 Å². The van der Waals surface area contributed by atoms with Crippen LogP contribution in [0.5, 0.6) is 0 Å². The molecule has 2 N–H and O–H groups in total. The highest BCUT2D eigenvalue weighted by Gasteiger charge is 2.30. The molecule has 1 unspecified atom stereocenters. The van der Waals surface area contributed by atoms with Gasteiger partial charge in [0.25, 0.3) is 0 Å². The van der Waals surface area contributed by atoms with Crippen molar-refractivity contribution in [2.75, 3.05) is 0 Å². The molecule has 0 aromatic heterocycles. The molecule has 1 nitrogen and oxygen atoms in total. The maximum atomic E-state index is 7.44. The molecule has 0 heterocycles. The minimum absolute atomic E-state index is 0.210. The van der Waals surface area contributed by atoms with Gasteiger partial charge in [0.2, 0.25) is 0 Å². The molecule has 0 radical (unpaired) electrons. The van der Waals surface area contributed by atoms with Crippen LogP contribution in [0.3, 0.4) is 0 Å². The maximum absolute atomic E-state index is 7.44. The van der Waals surface area contributed by atoms with Crippen molar-refractivity contribution in [2.45, 2.75) is 129 Å². The van der Waals surface area contributed by atoms with Gasteiger partial charge in [-0.1, -0.05) is 146 Å². The normalized spacial score (nSPS) is 12.6. The van der Waals surface area contributed by atoms with Gasteiger partial charge < -0.3 is 5.73 Å². The van der Waals surface area contributed by atoms with Crippen LogP contribution in [-0.4, -0.2) is 0 Å². The molecule has 35 heavy (non-hydrogen) atoms. The van der Waals surface area contributed by atoms with Crippen LogP contribution in [0.1, 0.15) is 139 Å². The summed E-state index contributed by atoms with van der Waals surface area (Å²) >= 11 is 0. The van der Waals surface area contributed by atoms with E-state index >= 15 is 0 Å². The zero-order valence-corrected chi connectivity index (χ0v) is 23.2. The largest absolute Gasteiger partial charge is 0.321 e. The summed E-state index contributed by atoms with van der Waals surface area (Å²) in [6.07, 6.45) is 20.7. The quantitative estimate of drug-likeness (QED) is 0.159. The Labute approximate surface area is 217 Å². The minimum Gasteiger partial charge on any atom is -0.321 e. The number of hydrogen-bond donors (Lipinski definition) is 1. The van der Waals surface area contributed by atoms with Crippen molar-refractivity contribution in [2.24, 2.45) is 5.73 Å². The third-order valence-electron chi connectivity index (χ3n) is 7.71. The van der Waals surface area contributed by atoms with Crippen LogP contribution >= 0.6 is 0 Å². The van der Waals surface area contributed by atoms with Crippen LogP contribution in [0.4, 0.5) is 0 Å². The molecule has 0 aliphatic heterocycles. The molecule has 0 saturated heterocycles. The van der Waals surface area contributed by atoms with Crippen LogP contribution < -0.4 is 5.73 Å².